The van der Waals surface area contributed by atoms with E-state index in [1.807, 2.05) is 0 Å². The van der Waals surface area contributed by atoms with Gasteiger partial charge in [0.25, 0.3) is 0 Å². The number of carbonyl (C=O) groups is 1. The Hall–Kier alpha value is -2.70. The first-order valence-corrected chi connectivity index (χ1v) is 5.03. The number of aromatic nitrogens is 2. The summed E-state index contributed by atoms with van der Waals surface area (Å²) in [5.74, 6) is -0.790. The van der Waals surface area contributed by atoms with E-state index in [4.69, 9.17) is 5.11 Å². The van der Waals surface area contributed by atoms with Crippen molar-refractivity contribution >= 4 is 11.7 Å². The Labute approximate surface area is 101 Å². The van der Waals surface area contributed by atoms with E-state index in [9.17, 15) is 14.9 Å². The van der Waals surface area contributed by atoms with Crippen LogP contribution in [-0.4, -0.2) is 25.6 Å². The summed E-state index contributed by atoms with van der Waals surface area (Å²) >= 11 is 0. The molecular formula is C11H9N3O4. The van der Waals surface area contributed by atoms with E-state index in [2.05, 4.69) is 4.98 Å². The summed E-state index contributed by atoms with van der Waals surface area (Å²) in [5, 5.41) is 20.0. The van der Waals surface area contributed by atoms with Crippen molar-refractivity contribution in [1.82, 2.24) is 9.55 Å². The van der Waals surface area contributed by atoms with Crippen LogP contribution in [0.15, 0.2) is 30.6 Å². The smallest absolute Gasteiger partial charge is 0.342 e. The van der Waals surface area contributed by atoms with Gasteiger partial charge in [-0.25, -0.2) is 9.78 Å². The number of nitro benzene ring substituents is 1. The number of hydrogen-bond acceptors (Lipinski definition) is 4. The van der Waals surface area contributed by atoms with E-state index >= 15 is 0 Å². The number of benzene rings is 1. The molecule has 0 atom stereocenters. The van der Waals surface area contributed by atoms with Crippen molar-refractivity contribution in [2.24, 2.45) is 0 Å². The number of carboxylic acids is 1. The monoisotopic (exact) mass is 247 g/mol. The van der Waals surface area contributed by atoms with Gasteiger partial charge in [0.15, 0.2) is 0 Å². The minimum absolute atomic E-state index is 0.190. The zero-order valence-electron chi connectivity index (χ0n) is 9.40. The van der Waals surface area contributed by atoms with E-state index in [-0.39, 0.29) is 11.3 Å². The van der Waals surface area contributed by atoms with Gasteiger partial charge >= 0.3 is 11.7 Å². The van der Waals surface area contributed by atoms with Crippen molar-refractivity contribution in [3.05, 3.63) is 52.1 Å². The second-order valence-electron chi connectivity index (χ2n) is 3.58. The molecule has 0 bridgehead atoms. The number of nitrogens with zero attached hydrogens (tertiary/aromatic N) is 3. The topological polar surface area (TPSA) is 98.3 Å². The minimum Gasteiger partial charge on any atom is -0.477 e. The van der Waals surface area contributed by atoms with E-state index in [0.717, 1.165) is 0 Å². The summed E-state index contributed by atoms with van der Waals surface area (Å²) in [6.45, 7) is 1.68. The molecule has 1 heterocycles. The van der Waals surface area contributed by atoms with Crippen molar-refractivity contribution < 1.29 is 14.8 Å². The third-order valence-electron chi connectivity index (χ3n) is 2.51. The van der Waals surface area contributed by atoms with Crippen molar-refractivity contribution in [3.63, 3.8) is 0 Å². The molecule has 18 heavy (non-hydrogen) atoms. The number of para-hydroxylation sites is 1. The van der Waals surface area contributed by atoms with Gasteiger partial charge in [0.1, 0.15) is 17.1 Å². The molecule has 1 aromatic heterocycles. The molecule has 7 heteroatoms. The third-order valence-corrected chi connectivity index (χ3v) is 2.51. The minimum atomic E-state index is -1.33. The maximum atomic E-state index is 11.1. The van der Waals surface area contributed by atoms with Gasteiger partial charge in [-0.15, -0.1) is 0 Å². The molecule has 0 aliphatic heterocycles. The molecule has 0 saturated heterocycles. The highest BCUT2D eigenvalue weighted by Gasteiger charge is 2.25. The average molecular weight is 247 g/mol. The molecule has 92 valence electrons. The van der Waals surface area contributed by atoms with E-state index < -0.39 is 16.6 Å². The second-order valence-corrected chi connectivity index (χ2v) is 3.58. The van der Waals surface area contributed by atoms with Gasteiger partial charge in [-0.2, -0.15) is 0 Å². The van der Waals surface area contributed by atoms with Gasteiger partial charge in [-0.1, -0.05) is 6.07 Å². The summed E-state index contributed by atoms with van der Waals surface area (Å²) < 4.78 is 1.48. The summed E-state index contributed by atoms with van der Waals surface area (Å²) in [6, 6.07) is 4.15. The Kier molecular flexibility index (Phi) is 2.80. The lowest BCUT2D eigenvalue weighted by molar-refractivity contribution is -0.384. The zero-order chi connectivity index (χ0) is 13.3. The number of aromatic carboxylic acids is 1. The molecule has 1 aromatic carbocycles. The Morgan fingerprint density at radius 2 is 2.22 bits per heavy atom. The fourth-order valence-electron chi connectivity index (χ4n) is 1.72. The number of rotatable bonds is 3. The van der Waals surface area contributed by atoms with Gasteiger partial charge in [-0.05, 0) is 19.1 Å². The van der Waals surface area contributed by atoms with E-state index in [0.29, 0.717) is 5.82 Å². The number of aryl methyl sites for hydroxylation is 1. The lowest BCUT2D eigenvalue weighted by atomic mass is 10.1. The van der Waals surface area contributed by atoms with Crippen LogP contribution in [0.2, 0.25) is 0 Å². The molecule has 2 rings (SSSR count). The van der Waals surface area contributed by atoms with Crippen LogP contribution in [0, 0.1) is 17.0 Å². The first-order valence-electron chi connectivity index (χ1n) is 5.03. The van der Waals surface area contributed by atoms with Gasteiger partial charge < -0.3 is 5.11 Å². The van der Waals surface area contributed by atoms with E-state index in [1.54, 1.807) is 13.1 Å². The molecule has 0 aliphatic carbocycles. The Bertz CT molecular complexity index is 633. The van der Waals surface area contributed by atoms with Crippen molar-refractivity contribution in [2.75, 3.05) is 0 Å². The lowest BCUT2D eigenvalue weighted by Crippen LogP contribution is -2.07. The Morgan fingerprint density at radius 3 is 2.72 bits per heavy atom. The van der Waals surface area contributed by atoms with Gasteiger partial charge in [0, 0.05) is 12.4 Å². The van der Waals surface area contributed by atoms with Crippen molar-refractivity contribution in [2.45, 2.75) is 6.92 Å². The molecule has 0 aliphatic rings. The number of carboxylic acid groups (broad SMARTS) is 1. The zero-order valence-corrected chi connectivity index (χ0v) is 9.40. The van der Waals surface area contributed by atoms with Crippen LogP contribution in [0.25, 0.3) is 5.69 Å². The summed E-state index contributed by atoms with van der Waals surface area (Å²) in [6.07, 6.45) is 3.04. The van der Waals surface area contributed by atoms with Crippen LogP contribution >= 0.6 is 0 Å². The molecule has 0 fully saturated rings. The maximum Gasteiger partial charge on any atom is 0.342 e. The number of nitro groups is 1. The quantitative estimate of drug-likeness (QED) is 0.658. The molecule has 0 radical (unpaired) electrons. The molecule has 7 nitrogen and oxygen atoms in total. The van der Waals surface area contributed by atoms with Gasteiger partial charge in [0.05, 0.1) is 4.92 Å². The van der Waals surface area contributed by atoms with Crippen molar-refractivity contribution in [3.8, 4) is 5.69 Å². The number of hydrogen-bond donors (Lipinski definition) is 1. The molecule has 2 aromatic rings. The highest BCUT2D eigenvalue weighted by atomic mass is 16.6. The van der Waals surface area contributed by atoms with Crippen LogP contribution in [0.4, 0.5) is 5.69 Å². The predicted molar refractivity (Wildman–Crippen MR) is 61.9 cm³/mol. The highest BCUT2D eigenvalue weighted by molar-refractivity contribution is 5.94. The Morgan fingerprint density at radius 1 is 1.50 bits per heavy atom. The Balaban J connectivity index is 2.76. The molecule has 0 spiro atoms. The normalized spacial score (nSPS) is 10.3. The van der Waals surface area contributed by atoms with E-state index in [1.165, 1.54) is 29.0 Å². The van der Waals surface area contributed by atoms with Gasteiger partial charge in [-0.3, -0.25) is 14.7 Å². The highest BCUT2D eigenvalue weighted by Crippen LogP contribution is 2.27. The molecule has 0 amide bonds. The van der Waals surface area contributed by atoms with Crippen molar-refractivity contribution in [1.29, 1.82) is 0 Å². The number of imidazole rings is 1. The first kappa shape index (κ1) is 11.8. The maximum absolute atomic E-state index is 11.1. The molecule has 1 N–H and O–H groups in total. The largest absolute Gasteiger partial charge is 0.477 e. The summed E-state index contributed by atoms with van der Waals surface area (Å²) in [5.41, 5.74) is -0.591. The average Bonchev–Trinajstić information content (AvgIpc) is 2.74. The molecule has 0 unspecified atom stereocenters. The summed E-state index contributed by atoms with van der Waals surface area (Å²) in [4.78, 5) is 25.3. The molecular weight excluding hydrogens is 238 g/mol. The second kappa shape index (κ2) is 4.28. The summed E-state index contributed by atoms with van der Waals surface area (Å²) in [7, 11) is 0. The van der Waals surface area contributed by atoms with Crippen LogP contribution in [0.1, 0.15) is 16.2 Å². The fourth-order valence-corrected chi connectivity index (χ4v) is 1.72. The SMILES string of the molecule is Cc1nccn1-c1cccc(C(=O)O)c1[N+](=O)[O-]. The first-order chi connectivity index (χ1) is 8.52. The third kappa shape index (κ3) is 1.81. The fraction of sp³-hybridized carbons (Fsp3) is 0.0909. The van der Waals surface area contributed by atoms with Crippen LogP contribution in [-0.2, 0) is 0 Å². The lowest BCUT2D eigenvalue weighted by Gasteiger charge is -2.07. The molecule has 0 saturated carbocycles. The predicted octanol–water partition coefficient (Wildman–Crippen LogP) is 1.79. The van der Waals surface area contributed by atoms with Crippen LogP contribution in [0.3, 0.4) is 0 Å². The van der Waals surface area contributed by atoms with Crippen LogP contribution < -0.4 is 0 Å². The van der Waals surface area contributed by atoms with Crippen LogP contribution in [0.5, 0.6) is 0 Å². The standard InChI is InChI=1S/C11H9N3O4/c1-7-12-5-6-13(7)9-4-2-3-8(11(15)16)10(9)14(17)18/h2-6H,1H3,(H,15,16). The van der Waals surface area contributed by atoms with Gasteiger partial charge in [0.2, 0.25) is 0 Å².